The van der Waals surface area contributed by atoms with Crippen LogP contribution < -0.4 is 4.90 Å². The second kappa shape index (κ2) is 6.45. The van der Waals surface area contributed by atoms with Crippen LogP contribution in [0.4, 0.5) is 5.69 Å². The highest BCUT2D eigenvalue weighted by Crippen LogP contribution is 2.31. The number of rotatable bonds is 2. The van der Waals surface area contributed by atoms with E-state index in [1.807, 2.05) is 34.7 Å². The van der Waals surface area contributed by atoms with Gasteiger partial charge in [0, 0.05) is 36.9 Å². The molecule has 0 amide bonds. The van der Waals surface area contributed by atoms with Crippen molar-refractivity contribution in [2.24, 2.45) is 0 Å². The van der Waals surface area contributed by atoms with E-state index >= 15 is 0 Å². The predicted octanol–water partition coefficient (Wildman–Crippen LogP) is 2.88. The van der Waals surface area contributed by atoms with Gasteiger partial charge in [0.1, 0.15) is 11.2 Å². The van der Waals surface area contributed by atoms with Crippen LogP contribution >= 0.6 is 0 Å². The molecule has 1 aromatic carbocycles. The molecule has 0 bridgehead atoms. The maximum absolute atomic E-state index is 12.0. The molecule has 28 heavy (non-hydrogen) atoms. The van der Waals surface area contributed by atoms with Gasteiger partial charge in [-0.3, -0.25) is 4.40 Å². The van der Waals surface area contributed by atoms with Crippen LogP contribution in [0, 0.1) is 0 Å². The fraction of sp³-hybridized carbons (Fsp3) is 0.286. The second-order valence-corrected chi connectivity index (χ2v) is 7.33. The molecule has 5 rings (SSSR count). The van der Waals surface area contributed by atoms with Crippen molar-refractivity contribution in [2.75, 3.05) is 38.1 Å². The van der Waals surface area contributed by atoms with Crippen LogP contribution in [0.5, 0.6) is 0 Å². The summed E-state index contributed by atoms with van der Waals surface area (Å²) in [5, 5.41) is 10.7. The molecular weight excluding hydrogens is 354 g/mol. The average molecular weight is 375 g/mol. The molecule has 1 N–H and O–H groups in total. The third-order valence-electron chi connectivity index (χ3n) is 5.54. The van der Waals surface area contributed by atoms with Gasteiger partial charge in [0.2, 0.25) is 0 Å². The summed E-state index contributed by atoms with van der Waals surface area (Å²) in [6.45, 7) is 3.89. The van der Waals surface area contributed by atoms with Crippen molar-refractivity contribution >= 4 is 39.4 Å². The third kappa shape index (κ3) is 2.58. The van der Waals surface area contributed by atoms with Crippen molar-refractivity contribution in [3.05, 3.63) is 48.2 Å². The van der Waals surface area contributed by atoms with Gasteiger partial charge in [-0.25, -0.2) is 14.8 Å². The normalized spacial score (nSPS) is 16.1. The zero-order valence-corrected chi connectivity index (χ0v) is 15.7. The van der Waals surface area contributed by atoms with Crippen LogP contribution in [0.1, 0.15) is 16.8 Å². The number of hydrogen-bond donors (Lipinski definition) is 1. The van der Waals surface area contributed by atoms with E-state index in [-0.39, 0.29) is 5.56 Å². The molecule has 1 aliphatic heterocycles. The number of carboxylic acids is 1. The van der Waals surface area contributed by atoms with Crippen LogP contribution in [0.15, 0.2) is 42.6 Å². The standard InChI is InChI=1S/C21H21N5O2/c1-24-9-4-10-25(12-11-24)17-7-8-22-19-14(17)13-15(21(27)28)20-23-16-5-2-3-6-18(16)26(19)20/h2-3,5-8,13H,4,9-12H2,1H3,(H,27,28). The maximum Gasteiger partial charge on any atom is 0.339 e. The maximum atomic E-state index is 12.0. The summed E-state index contributed by atoms with van der Waals surface area (Å²) in [5.74, 6) is -0.979. The van der Waals surface area contributed by atoms with E-state index in [0.29, 0.717) is 5.65 Å². The predicted molar refractivity (Wildman–Crippen MR) is 109 cm³/mol. The van der Waals surface area contributed by atoms with Crippen LogP contribution in [0.2, 0.25) is 0 Å². The molecule has 0 radical (unpaired) electrons. The number of carboxylic acid groups (broad SMARTS) is 1. The number of likely N-dealkylation sites (N-methyl/N-ethyl adjacent to an activating group) is 1. The Labute approximate surface area is 161 Å². The molecule has 1 saturated heterocycles. The van der Waals surface area contributed by atoms with Gasteiger partial charge in [-0.1, -0.05) is 12.1 Å². The molecule has 3 aromatic heterocycles. The lowest BCUT2D eigenvalue weighted by atomic mass is 10.1. The van der Waals surface area contributed by atoms with Crippen LogP contribution in [-0.4, -0.2) is 63.6 Å². The molecule has 7 nitrogen and oxygen atoms in total. The van der Waals surface area contributed by atoms with Gasteiger partial charge in [0.15, 0.2) is 5.65 Å². The van der Waals surface area contributed by atoms with Crippen molar-refractivity contribution < 1.29 is 9.90 Å². The van der Waals surface area contributed by atoms with Crippen molar-refractivity contribution in [3.63, 3.8) is 0 Å². The Bertz CT molecular complexity index is 1220. The van der Waals surface area contributed by atoms with Gasteiger partial charge >= 0.3 is 5.97 Å². The minimum absolute atomic E-state index is 0.199. The molecule has 4 aromatic rings. The SMILES string of the molecule is CN1CCCN(c2ccnc3c2cc(C(=O)O)c2nc4ccccc4n23)CC1. The Morgan fingerprint density at radius 3 is 2.79 bits per heavy atom. The molecule has 0 atom stereocenters. The molecule has 7 heteroatoms. The number of aromatic carboxylic acids is 1. The van der Waals surface area contributed by atoms with E-state index < -0.39 is 5.97 Å². The lowest BCUT2D eigenvalue weighted by Crippen LogP contribution is -2.29. The third-order valence-corrected chi connectivity index (χ3v) is 5.54. The Morgan fingerprint density at radius 1 is 1.07 bits per heavy atom. The van der Waals surface area contributed by atoms with E-state index in [4.69, 9.17) is 0 Å². The summed E-state index contributed by atoms with van der Waals surface area (Å²) in [5.41, 5.74) is 4.03. The van der Waals surface area contributed by atoms with Gasteiger partial charge in [-0.2, -0.15) is 0 Å². The molecular formula is C21H21N5O2. The number of para-hydroxylation sites is 2. The Hall–Kier alpha value is -3.19. The van der Waals surface area contributed by atoms with Gasteiger partial charge in [0.05, 0.1) is 11.0 Å². The minimum atomic E-state index is -0.979. The summed E-state index contributed by atoms with van der Waals surface area (Å²) in [6, 6.07) is 11.4. The monoisotopic (exact) mass is 375 g/mol. The number of hydrogen-bond acceptors (Lipinski definition) is 5. The summed E-state index contributed by atoms with van der Waals surface area (Å²) < 4.78 is 1.88. The van der Waals surface area contributed by atoms with Crippen molar-refractivity contribution in [1.82, 2.24) is 19.3 Å². The fourth-order valence-electron chi connectivity index (χ4n) is 4.12. The molecule has 0 aliphatic carbocycles. The van der Waals surface area contributed by atoms with Gasteiger partial charge in [-0.15, -0.1) is 0 Å². The lowest BCUT2D eigenvalue weighted by molar-refractivity contribution is 0.0698. The number of imidazole rings is 1. The molecule has 1 fully saturated rings. The highest BCUT2D eigenvalue weighted by Gasteiger charge is 2.21. The molecule has 0 unspecified atom stereocenters. The lowest BCUT2D eigenvalue weighted by Gasteiger charge is -2.24. The van der Waals surface area contributed by atoms with E-state index in [1.54, 1.807) is 12.3 Å². The van der Waals surface area contributed by atoms with Crippen molar-refractivity contribution in [3.8, 4) is 0 Å². The highest BCUT2D eigenvalue weighted by molar-refractivity contribution is 6.04. The molecule has 0 saturated carbocycles. The Kier molecular flexibility index (Phi) is 3.91. The number of benzene rings is 1. The van der Waals surface area contributed by atoms with Gasteiger partial charge < -0.3 is 14.9 Å². The summed E-state index contributed by atoms with van der Waals surface area (Å²) in [6.07, 6.45) is 2.88. The quantitative estimate of drug-likeness (QED) is 0.581. The number of anilines is 1. The number of fused-ring (bicyclic) bond motifs is 5. The minimum Gasteiger partial charge on any atom is -0.478 e. The second-order valence-electron chi connectivity index (χ2n) is 7.33. The van der Waals surface area contributed by atoms with Gasteiger partial charge in [-0.05, 0) is 44.3 Å². The molecule has 4 heterocycles. The number of aromatic nitrogens is 3. The van der Waals surface area contributed by atoms with E-state index in [1.165, 1.54) is 0 Å². The number of carbonyl (C=O) groups is 1. The molecule has 0 spiro atoms. The van der Waals surface area contributed by atoms with Crippen LogP contribution in [0.3, 0.4) is 0 Å². The van der Waals surface area contributed by atoms with E-state index in [0.717, 1.165) is 60.4 Å². The highest BCUT2D eigenvalue weighted by atomic mass is 16.4. The molecule has 142 valence electrons. The largest absolute Gasteiger partial charge is 0.478 e. The number of pyridine rings is 2. The first-order valence-electron chi connectivity index (χ1n) is 9.49. The summed E-state index contributed by atoms with van der Waals surface area (Å²) in [4.78, 5) is 25.9. The average Bonchev–Trinajstić information content (AvgIpc) is 2.96. The first-order chi connectivity index (χ1) is 13.6. The first-order valence-corrected chi connectivity index (χ1v) is 9.49. The summed E-state index contributed by atoms with van der Waals surface area (Å²) >= 11 is 0. The van der Waals surface area contributed by atoms with E-state index in [2.05, 4.69) is 26.8 Å². The summed E-state index contributed by atoms with van der Waals surface area (Å²) in [7, 11) is 2.14. The Morgan fingerprint density at radius 2 is 1.93 bits per heavy atom. The van der Waals surface area contributed by atoms with E-state index in [9.17, 15) is 9.90 Å². The first kappa shape index (κ1) is 16.9. The molecule has 1 aliphatic rings. The zero-order chi connectivity index (χ0) is 19.3. The van der Waals surface area contributed by atoms with Crippen molar-refractivity contribution in [2.45, 2.75) is 6.42 Å². The van der Waals surface area contributed by atoms with Gasteiger partial charge in [0.25, 0.3) is 0 Å². The smallest absolute Gasteiger partial charge is 0.339 e. The van der Waals surface area contributed by atoms with Crippen LogP contribution in [-0.2, 0) is 0 Å². The van der Waals surface area contributed by atoms with Crippen molar-refractivity contribution in [1.29, 1.82) is 0 Å². The Balaban J connectivity index is 1.83. The zero-order valence-electron chi connectivity index (χ0n) is 15.7. The topological polar surface area (TPSA) is 74.0 Å². The fourth-order valence-corrected chi connectivity index (χ4v) is 4.12. The number of nitrogens with zero attached hydrogens (tertiary/aromatic N) is 5. The van der Waals surface area contributed by atoms with Crippen LogP contribution in [0.25, 0.3) is 27.7 Å².